The van der Waals surface area contributed by atoms with E-state index < -0.39 is 0 Å². The van der Waals surface area contributed by atoms with Gasteiger partial charge in [-0.05, 0) is 29.5 Å². The Bertz CT molecular complexity index is 989. The number of nitrogens with zero attached hydrogens (tertiary/aromatic N) is 4. The Morgan fingerprint density at radius 3 is 2.71 bits per heavy atom. The monoisotopic (exact) mass is 350 g/mol. The van der Waals surface area contributed by atoms with Crippen LogP contribution in [0.15, 0.2) is 64.4 Å². The van der Waals surface area contributed by atoms with E-state index >= 15 is 0 Å². The lowest BCUT2D eigenvalue weighted by Gasteiger charge is -1.97. The van der Waals surface area contributed by atoms with Gasteiger partial charge >= 0.3 is 0 Å². The van der Waals surface area contributed by atoms with Gasteiger partial charge < -0.3 is 0 Å². The van der Waals surface area contributed by atoms with Gasteiger partial charge in [-0.15, -0.1) is 27.8 Å². The summed E-state index contributed by atoms with van der Waals surface area (Å²) in [5.74, 6) is 0.645. The number of thiophene rings is 2. The third-order valence-electron chi connectivity index (χ3n) is 3.69. The highest BCUT2D eigenvalue weighted by Crippen LogP contribution is 2.40. The first kappa shape index (κ1) is 15.1. The van der Waals surface area contributed by atoms with Crippen LogP contribution in [0.1, 0.15) is 10.4 Å². The summed E-state index contributed by atoms with van der Waals surface area (Å²) in [6.45, 7) is 2.68. The van der Waals surface area contributed by atoms with Crippen molar-refractivity contribution in [3.63, 3.8) is 0 Å². The Morgan fingerprint density at radius 2 is 1.92 bits per heavy atom. The molecule has 0 aliphatic heterocycles. The molecule has 0 saturated carbocycles. The van der Waals surface area contributed by atoms with Crippen LogP contribution in [0, 0.1) is 6.92 Å². The summed E-state index contributed by atoms with van der Waals surface area (Å²) >= 11 is 3.36. The van der Waals surface area contributed by atoms with Gasteiger partial charge in [0.05, 0.1) is 12.1 Å². The number of azo groups is 1. The molecule has 0 unspecified atom stereocenters. The lowest BCUT2D eigenvalue weighted by Crippen LogP contribution is -1.81. The smallest absolute Gasteiger partial charge is 0.195 e. The molecule has 0 aliphatic carbocycles. The third-order valence-corrected chi connectivity index (χ3v) is 5.88. The van der Waals surface area contributed by atoms with Gasteiger partial charge in [-0.3, -0.25) is 0 Å². The predicted molar refractivity (Wildman–Crippen MR) is 100 cm³/mol. The number of aromatic nitrogens is 2. The van der Waals surface area contributed by atoms with Crippen LogP contribution in [0.2, 0.25) is 0 Å². The molecule has 0 amide bonds. The molecule has 0 atom stereocenters. The average molecular weight is 350 g/mol. The summed E-state index contributed by atoms with van der Waals surface area (Å²) in [6, 6.07) is 14.4. The summed E-state index contributed by atoms with van der Waals surface area (Å²) < 4.78 is 0.990. The van der Waals surface area contributed by atoms with E-state index in [1.54, 1.807) is 29.0 Å². The molecule has 24 heavy (non-hydrogen) atoms. The first-order chi connectivity index (χ1) is 11.8. The molecule has 4 nitrogen and oxygen atoms in total. The second-order valence-electron chi connectivity index (χ2n) is 5.28. The second-order valence-corrected chi connectivity index (χ2v) is 7.33. The summed E-state index contributed by atoms with van der Waals surface area (Å²) in [4.78, 5) is 11.2. The predicted octanol–water partition coefficient (Wildman–Crippen LogP) is 6.01. The molecule has 0 spiro atoms. The zero-order valence-corrected chi connectivity index (χ0v) is 14.6. The van der Waals surface area contributed by atoms with Crippen LogP contribution < -0.4 is 0 Å². The number of fused-ring (bicyclic) bond motifs is 1. The van der Waals surface area contributed by atoms with Crippen molar-refractivity contribution in [2.45, 2.75) is 13.5 Å². The second kappa shape index (κ2) is 6.59. The highest BCUT2D eigenvalue weighted by atomic mass is 32.1. The largest absolute Gasteiger partial charge is 0.235 e. The number of hydrogen-bond acceptors (Lipinski definition) is 6. The molecule has 4 rings (SSSR count). The molecule has 0 aliphatic rings. The molecule has 4 aromatic rings. The SMILES string of the molecule is Cc1c(-c2ccccc2)sc2c(N=NCc3cccs3)ncnc12. The molecule has 0 fully saturated rings. The maximum atomic E-state index is 4.45. The molecule has 0 radical (unpaired) electrons. The Labute approximate surface area is 147 Å². The van der Waals surface area contributed by atoms with Gasteiger partial charge in [-0.25, -0.2) is 9.97 Å². The maximum Gasteiger partial charge on any atom is 0.195 e. The van der Waals surface area contributed by atoms with Gasteiger partial charge in [0, 0.05) is 9.75 Å². The lowest BCUT2D eigenvalue weighted by molar-refractivity contribution is 0.965. The summed E-state index contributed by atoms with van der Waals surface area (Å²) in [6.07, 6.45) is 1.57. The fraction of sp³-hybridized carbons (Fsp3) is 0.111. The van der Waals surface area contributed by atoms with Crippen molar-refractivity contribution in [2.75, 3.05) is 0 Å². The van der Waals surface area contributed by atoms with E-state index in [4.69, 9.17) is 0 Å². The van der Waals surface area contributed by atoms with Crippen LogP contribution in [0.25, 0.3) is 20.7 Å². The van der Waals surface area contributed by atoms with Gasteiger partial charge in [0.2, 0.25) is 0 Å². The van der Waals surface area contributed by atoms with Gasteiger partial charge in [-0.1, -0.05) is 36.4 Å². The van der Waals surface area contributed by atoms with E-state index in [0.717, 1.165) is 10.2 Å². The van der Waals surface area contributed by atoms with Crippen molar-refractivity contribution in [3.05, 3.63) is 64.6 Å². The minimum atomic E-state index is 0.582. The van der Waals surface area contributed by atoms with Crippen molar-refractivity contribution in [1.82, 2.24) is 9.97 Å². The average Bonchev–Trinajstić information content (AvgIpc) is 3.25. The van der Waals surface area contributed by atoms with Gasteiger partial charge in [-0.2, -0.15) is 5.11 Å². The molecule has 0 saturated heterocycles. The molecular weight excluding hydrogens is 336 g/mol. The van der Waals surface area contributed by atoms with Gasteiger partial charge in [0.25, 0.3) is 0 Å². The topological polar surface area (TPSA) is 50.5 Å². The van der Waals surface area contributed by atoms with Gasteiger partial charge in [0.15, 0.2) is 5.82 Å². The highest BCUT2D eigenvalue weighted by Gasteiger charge is 2.14. The fourth-order valence-corrected chi connectivity index (χ4v) is 4.34. The Kier molecular flexibility index (Phi) is 4.15. The zero-order chi connectivity index (χ0) is 16.4. The first-order valence-corrected chi connectivity index (χ1v) is 9.22. The number of hydrogen-bond donors (Lipinski definition) is 0. The van der Waals surface area contributed by atoms with E-state index in [-0.39, 0.29) is 0 Å². The van der Waals surface area contributed by atoms with Crippen LogP contribution >= 0.6 is 22.7 Å². The quantitative estimate of drug-likeness (QED) is 0.423. The van der Waals surface area contributed by atoms with Crippen LogP contribution in [0.3, 0.4) is 0 Å². The third kappa shape index (κ3) is 2.86. The van der Waals surface area contributed by atoms with E-state index in [0.29, 0.717) is 12.4 Å². The van der Waals surface area contributed by atoms with Crippen LogP contribution in [-0.2, 0) is 6.54 Å². The highest BCUT2D eigenvalue weighted by molar-refractivity contribution is 7.23. The number of rotatable bonds is 4. The van der Waals surface area contributed by atoms with Crippen molar-refractivity contribution >= 4 is 38.7 Å². The maximum absolute atomic E-state index is 4.45. The van der Waals surface area contributed by atoms with Gasteiger partial charge in [0.1, 0.15) is 11.0 Å². The van der Waals surface area contributed by atoms with E-state index in [2.05, 4.69) is 45.3 Å². The van der Waals surface area contributed by atoms with E-state index in [9.17, 15) is 0 Å². The molecule has 3 heterocycles. The Balaban J connectivity index is 1.73. The first-order valence-electron chi connectivity index (χ1n) is 7.52. The minimum Gasteiger partial charge on any atom is -0.235 e. The van der Waals surface area contributed by atoms with Crippen LogP contribution in [-0.4, -0.2) is 9.97 Å². The summed E-state index contributed by atoms with van der Waals surface area (Å²) in [5.41, 5.74) is 3.32. The molecule has 118 valence electrons. The summed E-state index contributed by atoms with van der Waals surface area (Å²) in [7, 11) is 0. The molecule has 6 heteroatoms. The van der Waals surface area contributed by atoms with Crippen LogP contribution in [0.4, 0.5) is 5.82 Å². The fourth-order valence-electron chi connectivity index (χ4n) is 2.52. The molecule has 3 aromatic heterocycles. The number of aryl methyl sites for hydroxylation is 1. The lowest BCUT2D eigenvalue weighted by atomic mass is 10.1. The normalized spacial score (nSPS) is 11.5. The van der Waals surface area contributed by atoms with Crippen LogP contribution in [0.5, 0.6) is 0 Å². The van der Waals surface area contributed by atoms with Crippen molar-refractivity contribution < 1.29 is 0 Å². The molecule has 0 bridgehead atoms. The number of benzene rings is 1. The van der Waals surface area contributed by atoms with Crippen molar-refractivity contribution in [3.8, 4) is 10.4 Å². The molecular formula is C18H14N4S2. The van der Waals surface area contributed by atoms with Crippen molar-refractivity contribution in [2.24, 2.45) is 10.2 Å². The molecule has 1 aromatic carbocycles. The van der Waals surface area contributed by atoms with E-state index in [1.165, 1.54) is 20.9 Å². The molecule has 0 N–H and O–H groups in total. The standard InChI is InChI=1S/C18H14N4S2/c1-12-15-17(24-16(12)13-6-3-2-4-7-13)18(20-11-19-15)22-21-10-14-8-5-9-23-14/h2-9,11H,10H2,1H3. The van der Waals surface area contributed by atoms with Crippen molar-refractivity contribution in [1.29, 1.82) is 0 Å². The minimum absolute atomic E-state index is 0.582. The Hall–Kier alpha value is -2.44. The zero-order valence-electron chi connectivity index (χ0n) is 13.0. The Morgan fingerprint density at radius 1 is 1.04 bits per heavy atom. The summed E-state index contributed by atoms with van der Waals surface area (Å²) in [5, 5.41) is 10.7. The van der Waals surface area contributed by atoms with E-state index in [1.807, 2.05) is 29.6 Å².